The van der Waals surface area contributed by atoms with E-state index in [1.165, 1.54) is 0 Å². The first kappa shape index (κ1) is 13.5. The van der Waals surface area contributed by atoms with Crippen molar-refractivity contribution in [1.82, 2.24) is 5.32 Å². The van der Waals surface area contributed by atoms with Crippen molar-refractivity contribution in [3.8, 4) is 0 Å². The molecule has 0 saturated heterocycles. The van der Waals surface area contributed by atoms with Gasteiger partial charge in [-0.15, -0.1) is 0 Å². The smallest absolute Gasteiger partial charge is 0.264 e. The van der Waals surface area contributed by atoms with Gasteiger partial charge in [-0.05, 0) is 12.0 Å². The first-order chi connectivity index (χ1) is 9.24. The average Bonchev–Trinajstić information content (AvgIpc) is 2.95. The molecule has 5 heteroatoms. The van der Waals surface area contributed by atoms with Gasteiger partial charge in [0.2, 0.25) is 6.10 Å². The Labute approximate surface area is 112 Å². The van der Waals surface area contributed by atoms with E-state index in [2.05, 4.69) is 10.5 Å². The molecule has 0 aromatic heterocycles. The van der Waals surface area contributed by atoms with Crippen LogP contribution in [0.2, 0.25) is 0 Å². The van der Waals surface area contributed by atoms with Crippen molar-refractivity contribution in [3.63, 3.8) is 0 Å². The second-order valence-corrected chi connectivity index (χ2v) is 4.50. The Balaban J connectivity index is 1.92. The summed E-state index contributed by atoms with van der Waals surface area (Å²) in [6, 6.07) is 9.42. The van der Waals surface area contributed by atoms with Gasteiger partial charge in [0.15, 0.2) is 0 Å². The number of hydrogen-bond acceptors (Lipinski definition) is 4. The number of rotatable bonds is 5. The maximum Gasteiger partial charge on any atom is 0.264 e. The van der Waals surface area contributed by atoms with Gasteiger partial charge in [-0.25, -0.2) is 0 Å². The van der Waals surface area contributed by atoms with E-state index in [9.17, 15) is 4.79 Å². The average molecular weight is 262 g/mol. The van der Waals surface area contributed by atoms with Crippen LogP contribution in [0.4, 0.5) is 0 Å². The zero-order valence-corrected chi connectivity index (χ0v) is 10.9. The highest BCUT2D eigenvalue weighted by Gasteiger charge is 2.29. The van der Waals surface area contributed by atoms with E-state index < -0.39 is 6.10 Å². The van der Waals surface area contributed by atoms with E-state index in [0.717, 1.165) is 11.3 Å². The number of oxime groups is 1. The molecule has 1 amide bonds. The molecule has 0 fully saturated rings. The number of carbonyl (C=O) groups is 1. The molecule has 1 unspecified atom stereocenters. The Morgan fingerprint density at radius 2 is 2.26 bits per heavy atom. The van der Waals surface area contributed by atoms with Crippen LogP contribution in [0.5, 0.6) is 0 Å². The number of hydrogen-bond donors (Lipinski definition) is 2. The van der Waals surface area contributed by atoms with Gasteiger partial charge in [-0.3, -0.25) is 4.79 Å². The number of aliphatic hydroxyl groups is 1. The van der Waals surface area contributed by atoms with Crippen LogP contribution in [0.25, 0.3) is 0 Å². The van der Waals surface area contributed by atoms with Crippen LogP contribution < -0.4 is 5.32 Å². The molecule has 1 aromatic carbocycles. The molecule has 2 atom stereocenters. The third kappa shape index (κ3) is 3.32. The maximum absolute atomic E-state index is 11.9. The van der Waals surface area contributed by atoms with E-state index in [0.29, 0.717) is 12.8 Å². The van der Waals surface area contributed by atoms with Gasteiger partial charge in [0.1, 0.15) is 0 Å². The van der Waals surface area contributed by atoms with E-state index in [1.807, 2.05) is 37.3 Å². The highest BCUT2D eigenvalue weighted by Crippen LogP contribution is 2.16. The summed E-state index contributed by atoms with van der Waals surface area (Å²) < 4.78 is 0. The van der Waals surface area contributed by atoms with Crippen LogP contribution in [0, 0.1) is 0 Å². The van der Waals surface area contributed by atoms with Crippen molar-refractivity contribution >= 4 is 11.6 Å². The number of amides is 1. The maximum atomic E-state index is 11.9. The number of nitrogens with one attached hydrogen (secondary N) is 1. The van der Waals surface area contributed by atoms with Gasteiger partial charge in [0, 0.05) is 6.42 Å². The summed E-state index contributed by atoms with van der Waals surface area (Å²) in [5.41, 5.74) is 1.74. The second kappa shape index (κ2) is 6.33. The van der Waals surface area contributed by atoms with Gasteiger partial charge in [0.05, 0.1) is 18.4 Å². The van der Waals surface area contributed by atoms with E-state index in [4.69, 9.17) is 9.94 Å². The summed E-state index contributed by atoms with van der Waals surface area (Å²) in [6.45, 7) is 1.84. The number of aliphatic hydroxyl groups excluding tert-OH is 1. The Morgan fingerprint density at radius 1 is 1.53 bits per heavy atom. The first-order valence-electron chi connectivity index (χ1n) is 6.44. The Morgan fingerprint density at radius 3 is 2.89 bits per heavy atom. The topological polar surface area (TPSA) is 70.9 Å². The minimum Gasteiger partial charge on any atom is -0.394 e. The minimum absolute atomic E-state index is 0.0681. The zero-order chi connectivity index (χ0) is 13.7. The zero-order valence-electron chi connectivity index (χ0n) is 10.9. The van der Waals surface area contributed by atoms with E-state index in [1.54, 1.807) is 0 Å². The van der Waals surface area contributed by atoms with Crippen molar-refractivity contribution in [2.75, 3.05) is 6.61 Å². The highest BCUT2D eigenvalue weighted by atomic mass is 16.6. The normalized spacial score (nSPS) is 19.5. The van der Waals surface area contributed by atoms with Crippen LogP contribution >= 0.6 is 0 Å². The Hall–Kier alpha value is -1.88. The van der Waals surface area contributed by atoms with Crippen LogP contribution in [0.3, 0.4) is 0 Å². The van der Waals surface area contributed by atoms with Gasteiger partial charge in [-0.1, -0.05) is 42.4 Å². The van der Waals surface area contributed by atoms with Crippen LogP contribution in [-0.2, 0) is 9.63 Å². The summed E-state index contributed by atoms with van der Waals surface area (Å²) in [7, 11) is 0. The second-order valence-electron chi connectivity index (χ2n) is 4.50. The molecule has 0 aliphatic carbocycles. The summed E-state index contributed by atoms with van der Waals surface area (Å²) in [4.78, 5) is 17.1. The Bertz CT molecular complexity index is 455. The van der Waals surface area contributed by atoms with Crippen molar-refractivity contribution in [2.45, 2.75) is 31.9 Å². The standard InChI is InChI=1S/C14H18N2O3/c1-2-11(9-17)15-14(18)13-8-12(16-19-13)10-6-4-3-5-7-10/h3-7,11,13,17H,2,8-9H2,1H3,(H,15,18)/t11-,13?/m0/s1. The Kier molecular flexibility index (Phi) is 4.52. The molecule has 102 valence electrons. The molecular weight excluding hydrogens is 244 g/mol. The fourth-order valence-electron chi connectivity index (χ4n) is 1.89. The lowest BCUT2D eigenvalue weighted by atomic mass is 10.0. The van der Waals surface area contributed by atoms with Crippen molar-refractivity contribution in [3.05, 3.63) is 35.9 Å². The summed E-state index contributed by atoms with van der Waals surface area (Å²) in [5.74, 6) is -0.226. The van der Waals surface area contributed by atoms with E-state index in [-0.39, 0.29) is 18.6 Å². The first-order valence-corrected chi connectivity index (χ1v) is 6.44. The van der Waals surface area contributed by atoms with Crippen LogP contribution in [0.1, 0.15) is 25.3 Å². The van der Waals surface area contributed by atoms with Crippen molar-refractivity contribution < 1.29 is 14.7 Å². The summed E-state index contributed by atoms with van der Waals surface area (Å²) in [6.07, 6.45) is 0.537. The van der Waals surface area contributed by atoms with E-state index >= 15 is 0 Å². The lowest BCUT2D eigenvalue weighted by molar-refractivity contribution is -0.132. The van der Waals surface area contributed by atoms with Gasteiger partial charge < -0.3 is 15.3 Å². The third-order valence-electron chi connectivity index (χ3n) is 3.13. The highest BCUT2D eigenvalue weighted by molar-refractivity contribution is 6.04. The SMILES string of the molecule is CC[C@@H](CO)NC(=O)C1CC(c2ccccc2)=NO1. The molecule has 19 heavy (non-hydrogen) atoms. The molecule has 2 N–H and O–H groups in total. The number of benzene rings is 1. The summed E-state index contributed by atoms with van der Waals surface area (Å²) >= 11 is 0. The summed E-state index contributed by atoms with van der Waals surface area (Å²) in [5, 5.41) is 15.8. The molecule has 0 radical (unpaired) electrons. The molecule has 0 spiro atoms. The monoisotopic (exact) mass is 262 g/mol. The predicted octanol–water partition coefficient (Wildman–Crippen LogP) is 1.07. The number of carbonyl (C=O) groups excluding carboxylic acids is 1. The van der Waals surface area contributed by atoms with Crippen LogP contribution in [0.15, 0.2) is 35.5 Å². The van der Waals surface area contributed by atoms with Gasteiger partial charge in [-0.2, -0.15) is 0 Å². The van der Waals surface area contributed by atoms with Crippen molar-refractivity contribution in [2.24, 2.45) is 5.16 Å². The largest absolute Gasteiger partial charge is 0.394 e. The molecule has 2 rings (SSSR count). The third-order valence-corrected chi connectivity index (χ3v) is 3.13. The molecule has 1 aliphatic rings. The minimum atomic E-state index is -0.601. The molecule has 0 saturated carbocycles. The fraction of sp³-hybridized carbons (Fsp3) is 0.429. The quantitative estimate of drug-likeness (QED) is 0.833. The molecule has 0 bridgehead atoms. The van der Waals surface area contributed by atoms with Crippen LogP contribution in [-0.4, -0.2) is 35.5 Å². The van der Waals surface area contributed by atoms with Gasteiger partial charge >= 0.3 is 0 Å². The fourth-order valence-corrected chi connectivity index (χ4v) is 1.89. The van der Waals surface area contributed by atoms with Gasteiger partial charge in [0.25, 0.3) is 5.91 Å². The lowest BCUT2D eigenvalue weighted by Gasteiger charge is -2.16. The molecule has 5 nitrogen and oxygen atoms in total. The molecule has 1 aromatic rings. The number of nitrogens with zero attached hydrogens (tertiary/aromatic N) is 1. The molecule has 1 aliphatic heterocycles. The van der Waals surface area contributed by atoms with Crippen molar-refractivity contribution in [1.29, 1.82) is 0 Å². The molecular formula is C14H18N2O3. The predicted molar refractivity (Wildman–Crippen MR) is 71.8 cm³/mol. The molecule has 1 heterocycles. The lowest BCUT2D eigenvalue weighted by Crippen LogP contribution is -2.43.